The minimum Gasteiger partial charge on any atom is -0.490 e. The molecule has 0 saturated carbocycles. The zero-order valence-electron chi connectivity index (χ0n) is 16.8. The van der Waals surface area contributed by atoms with Gasteiger partial charge in [0.25, 0.3) is 5.69 Å². The summed E-state index contributed by atoms with van der Waals surface area (Å²) >= 11 is 3.62. The summed E-state index contributed by atoms with van der Waals surface area (Å²) in [6, 6.07) is 10.2. The van der Waals surface area contributed by atoms with Gasteiger partial charge < -0.3 is 14.8 Å². The van der Waals surface area contributed by atoms with Crippen molar-refractivity contribution in [3.63, 3.8) is 0 Å². The number of halogens is 1. The third-order valence-corrected chi connectivity index (χ3v) is 5.33. The summed E-state index contributed by atoms with van der Waals surface area (Å²) in [4.78, 5) is 10.3. The molecule has 0 bridgehead atoms. The van der Waals surface area contributed by atoms with Crippen LogP contribution in [0.5, 0.6) is 11.5 Å². The van der Waals surface area contributed by atoms with Crippen LogP contribution in [0.2, 0.25) is 0 Å². The summed E-state index contributed by atoms with van der Waals surface area (Å²) in [6.07, 6.45) is 1.03. The maximum Gasteiger partial charge on any atom is 0.269 e. The first-order valence-corrected chi connectivity index (χ1v) is 10.1. The Morgan fingerprint density at radius 3 is 2.32 bits per heavy atom. The van der Waals surface area contributed by atoms with Crippen molar-refractivity contribution < 1.29 is 14.4 Å². The molecular weight excluding hydrogens is 424 g/mol. The number of ether oxygens (including phenoxy) is 2. The Labute approximate surface area is 174 Å². The van der Waals surface area contributed by atoms with Crippen molar-refractivity contribution in [2.45, 2.75) is 52.8 Å². The van der Waals surface area contributed by atoms with Gasteiger partial charge in [0.05, 0.1) is 11.5 Å². The van der Waals surface area contributed by atoms with Gasteiger partial charge in [-0.05, 0) is 62.6 Å². The molecule has 0 aliphatic heterocycles. The van der Waals surface area contributed by atoms with Crippen LogP contribution in [0.15, 0.2) is 40.9 Å². The predicted molar refractivity (Wildman–Crippen MR) is 114 cm³/mol. The predicted octanol–water partition coefficient (Wildman–Crippen LogP) is 5.61. The van der Waals surface area contributed by atoms with Crippen molar-refractivity contribution in [2.75, 3.05) is 6.61 Å². The molecule has 152 valence electrons. The van der Waals surface area contributed by atoms with Crippen LogP contribution in [-0.4, -0.2) is 17.1 Å². The van der Waals surface area contributed by atoms with Crippen molar-refractivity contribution in [2.24, 2.45) is 0 Å². The molecule has 0 aliphatic rings. The van der Waals surface area contributed by atoms with Crippen LogP contribution in [0.3, 0.4) is 0 Å². The molecule has 0 amide bonds. The molecular formula is C21H27BrN2O4. The molecule has 0 aromatic heterocycles. The van der Waals surface area contributed by atoms with E-state index in [1.807, 2.05) is 19.1 Å². The highest BCUT2D eigenvalue weighted by atomic mass is 79.9. The number of nitrogens with one attached hydrogen (secondary N) is 1. The first-order valence-electron chi connectivity index (χ1n) is 9.32. The molecule has 0 heterocycles. The maximum atomic E-state index is 10.8. The van der Waals surface area contributed by atoms with Crippen LogP contribution in [0.1, 0.15) is 45.2 Å². The van der Waals surface area contributed by atoms with Gasteiger partial charge in [-0.25, -0.2) is 0 Å². The van der Waals surface area contributed by atoms with Crippen LogP contribution in [0.25, 0.3) is 0 Å². The minimum atomic E-state index is -0.415. The van der Waals surface area contributed by atoms with Gasteiger partial charge in [-0.1, -0.05) is 22.9 Å². The van der Waals surface area contributed by atoms with Crippen LogP contribution in [-0.2, 0) is 13.2 Å². The quantitative estimate of drug-likeness (QED) is 0.375. The number of hydrogen-bond acceptors (Lipinski definition) is 5. The van der Waals surface area contributed by atoms with Crippen molar-refractivity contribution in [1.82, 2.24) is 5.32 Å². The Bertz CT molecular complexity index is 807. The van der Waals surface area contributed by atoms with E-state index in [0.29, 0.717) is 31.3 Å². The Balaban J connectivity index is 2.14. The SMILES string of the molecule is CCOc1cc(CNC(C)(C)CC)c(Br)cc1OCc1ccc([N+](=O)[O-])cc1. The summed E-state index contributed by atoms with van der Waals surface area (Å²) < 4.78 is 12.6. The van der Waals surface area contributed by atoms with E-state index in [0.717, 1.165) is 22.0 Å². The summed E-state index contributed by atoms with van der Waals surface area (Å²) in [5.74, 6) is 1.31. The Hall–Kier alpha value is -2.12. The fraction of sp³-hybridized carbons (Fsp3) is 0.429. The summed E-state index contributed by atoms with van der Waals surface area (Å²) in [6.45, 7) is 9.97. The van der Waals surface area contributed by atoms with Gasteiger partial charge >= 0.3 is 0 Å². The van der Waals surface area contributed by atoms with Gasteiger partial charge in [-0.3, -0.25) is 10.1 Å². The average molecular weight is 451 g/mol. The van der Waals surface area contributed by atoms with E-state index < -0.39 is 4.92 Å². The zero-order valence-corrected chi connectivity index (χ0v) is 18.3. The van der Waals surface area contributed by atoms with Gasteiger partial charge in [0.1, 0.15) is 6.61 Å². The lowest BCUT2D eigenvalue weighted by molar-refractivity contribution is -0.384. The number of benzene rings is 2. The lowest BCUT2D eigenvalue weighted by atomic mass is 10.0. The number of non-ortho nitro benzene ring substituents is 1. The topological polar surface area (TPSA) is 73.6 Å². The van der Waals surface area contributed by atoms with Crippen LogP contribution < -0.4 is 14.8 Å². The van der Waals surface area contributed by atoms with Crippen molar-refractivity contribution in [3.05, 3.63) is 62.1 Å². The molecule has 0 atom stereocenters. The zero-order chi connectivity index (χ0) is 20.7. The summed E-state index contributed by atoms with van der Waals surface area (Å²) in [5, 5.41) is 14.3. The Kier molecular flexibility index (Phi) is 7.83. The van der Waals surface area contributed by atoms with Gasteiger partial charge in [0.2, 0.25) is 0 Å². The van der Waals surface area contributed by atoms with E-state index in [1.54, 1.807) is 12.1 Å². The van der Waals surface area contributed by atoms with E-state index in [9.17, 15) is 10.1 Å². The van der Waals surface area contributed by atoms with Crippen LogP contribution in [0, 0.1) is 10.1 Å². The first kappa shape index (κ1) is 22.2. The van der Waals surface area contributed by atoms with Crippen molar-refractivity contribution in [1.29, 1.82) is 0 Å². The van der Waals surface area contributed by atoms with Gasteiger partial charge in [-0.15, -0.1) is 0 Å². The number of nitrogens with zero attached hydrogens (tertiary/aromatic N) is 1. The number of nitro benzene ring substituents is 1. The van der Waals surface area contributed by atoms with Gasteiger partial charge in [0.15, 0.2) is 11.5 Å². The van der Waals surface area contributed by atoms with Gasteiger partial charge in [0, 0.05) is 28.7 Å². The molecule has 0 aliphatic carbocycles. The van der Waals surface area contributed by atoms with Crippen molar-refractivity contribution in [3.8, 4) is 11.5 Å². The molecule has 0 unspecified atom stereocenters. The molecule has 0 spiro atoms. The number of rotatable bonds is 10. The fourth-order valence-corrected chi connectivity index (χ4v) is 2.89. The standard InChI is InChI=1S/C21H27BrN2O4/c1-5-21(3,4)23-13-16-11-19(27-6-2)20(12-18(16)22)28-14-15-7-9-17(10-8-15)24(25)26/h7-12,23H,5-6,13-14H2,1-4H3. The van der Waals surface area contributed by atoms with E-state index in [-0.39, 0.29) is 11.2 Å². The second-order valence-corrected chi connectivity index (χ2v) is 7.98. The third-order valence-electron chi connectivity index (χ3n) is 4.60. The monoisotopic (exact) mass is 450 g/mol. The molecule has 0 saturated heterocycles. The molecule has 2 aromatic rings. The Morgan fingerprint density at radius 1 is 1.11 bits per heavy atom. The third kappa shape index (κ3) is 6.21. The van der Waals surface area contributed by atoms with Crippen LogP contribution >= 0.6 is 15.9 Å². The molecule has 2 aromatic carbocycles. The van der Waals surface area contributed by atoms with Gasteiger partial charge in [-0.2, -0.15) is 0 Å². The molecule has 7 heteroatoms. The summed E-state index contributed by atoms with van der Waals surface area (Å²) in [7, 11) is 0. The highest BCUT2D eigenvalue weighted by molar-refractivity contribution is 9.10. The second-order valence-electron chi connectivity index (χ2n) is 7.13. The van der Waals surface area contributed by atoms with E-state index >= 15 is 0 Å². The van der Waals surface area contributed by atoms with E-state index in [2.05, 4.69) is 42.0 Å². The Morgan fingerprint density at radius 2 is 1.75 bits per heavy atom. The lowest BCUT2D eigenvalue weighted by Gasteiger charge is -2.25. The largest absolute Gasteiger partial charge is 0.490 e. The molecule has 0 fully saturated rings. The molecule has 6 nitrogen and oxygen atoms in total. The molecule has 0 radical (unpaired) electrons. The second kappa shape index (κ2) is 9.89. The molecule has 28 heavy (non-hydrogen) atoms. The number of nitro groups is 1. The van der Waals surface area contributed by atoms with Crippen LogP contribution in [0.4, 0.5) is 5.69 Å². The lowest BCUT2D eigenvalue weighted by Crippen LogP contribution is -2.37. The summed E-state index contributed by atoms with van der Waals surface area (Å²) in [5.41, 5.74) is 2.05. The van der Waals surface area contributed by atoms with E-state index in [4.69, 9.17) is 9.47 Å². The maximum absolute atomic E-state index is 10.8. The first-order chi connectivity index (χ1) is 13.3. The van der Waals surface area contributed by atoms with E-state index in [1.165, 1.54) is 12.1 Å². The van der Waals surface area contributed by atoms with Crippen molar-refractivity contribution >= 4 is 21.6 Å². The minimum absolute atomic E-state index is 0.0519. The highest BCUT2D eigenvalue weighted by Crippen LogP contribution is 2.34. The average Bonchev–Trinajstić information content (AvgIpc) is 2.67. The fourth-order valence-electron chi connectivity index (χ4n) is 2.43. The highest BCUT2D eigenvalue weighted by Gasteiger charge is 2.16. The smallest absolute Gasteiger partial charge is 0.269 e. The number of hydrogen-bond donors (Lipinski definition) is 1. The molecule has 2 rings (SSSR count). The molecule has 1 N–H and O–H groups in total. The normalized spacial score (nSPS) is 11.3.